The van der Waals surface area contributed by atoms with Crippen LogP contribution < -0.4 is 10.1 Å². The van der Waals surface area contributed by atoms with Crippen LogP contribution in [0.5, 0.6) is 5.88 Å². The Morgan fingerprint density at radius 3 is 2.96 bits per heavy atom. The highest BCUT2D eigenvalue weighted by Gasteiger charge is 2.16. The molecule has 0 saturated heterocycles. The highest BCUT2D eigenvalue weighted by Crippen LogP contribution is 2.19. The van der Waals surface area contributed by atoms with E-state index < -0.39 is 0 Å². The molecular formula is C14H19Cl2N7O2. The Balaban J connectivity index is 0.00000113. The molecule has 0 amide bonds. The van der Waals surface area contributed by atoms with Crippen molar-refractivity contribution in [3.8, 4) is 17.4 Å². The zero-order valence-corrected chi connectivity index (χ0v) is 15.2. The molecule has 4 rings (SSSR count). The van der Waals surface area contributed by atoms with E-state index in [1.54, 1.807) is 13.1 Å². The van der Waals surface area contributed by atoms with Crippen molar-refractivity contribution in [3.63, 3.8) is 0 Å². The summed E-state index contributed by atoms with van der Waals surface area (Å²) in [5.41, 5.74) is 2.71. The molecule has 0 unspecified atom stereocenters. The monoisotopic (exact) mass is 387 g/mol. The van der Waals surface area contributed by atoms with Gasteiger partial charge in [0, 0.05) is 25.5 Å². The first-order valence-corrected chi connectivity index (χ1v) is 7.52. The minimum Gasteiger partial charge on any atom is -0.472 e. The molecule has 0 spiro atoms. The smallest absolute Gasteiger partial charge is 0.278 e. The zero-order chi connectivity index (χ0) is 15.6. The second-order valence-electron chi connectivity index (χ2n) is 5.37. The van der Waals surface area contributed by atoms with E-state index >= 15 is 0 Å². The van der Waals surface area contributed by atoms with Crippen molar-refractivity contribution in [3.05, 3.63) is 29.8 Å². The van der Waals surface area contributed by atoms with E-state index in [9.17, 15) is 0 Å². The Kier molecular flexibility index (Phi) is 6.40. The molecule has 0 aliphatic carbocycles. The van der Waals surface area contributed by atoms with Crippen molar-refractivity contribution in [2.24, 2.45) is 0 Å². The van der Waals surface area contributed by atoms with Crippen molar-refractivity contribution < 1.29 is 9.37 Å². The maximum atomic E-state index is 5.57. The normalized spacial score (nSPS) is 12.8. The molecule has 0 bridgehead atoms. The van der Waals surface area contributed by atoms with E-state index in [2.05, 4.69) is 36.4 Å². The van der Waals surface area contributed by atoms with E-state index in [4.69, 9.17) is 4.74 Å². The van der Waals surface area contributed by atoms with Crippen LogP contribution in [0.1, 0.15) is 11.4 Å². The average Bonchev–Trinajstić information content (AvgIpc) is 3.26. The van der Waals surface area contributed by atoms with Crippen LogP contribution in [0, 0.1) is 6.92 Å². The van der Waals surface area contributed by atoms with Gasteiger partial charge in [-0.3, -0.25) is 4.68 Å². The predicted octanol–water partition coefficient (Wildman–Crippen LogP) is 1.46. The van der Waals surface area contributed by atoms with Gasteiger partial charge < -0.3 is 14.6 Å². The summed E-state index contributed by atoms with van der Waals surface area (Å²) in [6.45, 7) is 5.56. The van der Waals surface area contributed by atoms with E-state index in [1.807, 2.05) is 15.4 Å². The third-order valence-corrected chi connectivity index (χ3v) is 3.80. The van der Waals surface area contributed by atoms with Crippen LogP contribution in [0.25, 0.3) is 11.5 Å². The summed E-state index contributed by atoms with van der Waals surface area (Å²) in [6, 6.07) is 2.08. The number of hydrogen-bond donors (Lipinski definition) is 1. The molecule has 11 heteroatoms. The van der Waals surface area contributed by atoms with Gasteiger partial charge in [-0.05, 0) is 18.1 Å². The summed E-state index contributed by atoms with van der Waals surface area (Å²) in [5, 5.41) is 15.4. The van der Waals surface area contributed by atoms with Gasteiger partial charge in [-0.1, -0.05) is 5.16 Å². The quantitative estimate of drug-likeness (QED) is 0.707. The molecule has 1 aliphatic heterocycles. The van der Waals surface area contributed by atoms with Crippen molar-refractivity contribution in [1.82, 2.24) is 35.0 Å². The minimum absolute atomic E-state index is 0. The number of hydrogen-bond acceptors (Lipinski definition) is 7. The molecule has 3 aromatic rings. The Morgan fingerprint density at radius 2 is 2.20 bits per heavy atom. The van der Waals surface area contributed by atoms with Gasteiger partial charge in [0.1, 0.15) is 18.0 Å². The number of aromatic nitrogens is 6. The second kappa shape index (κ2) is 8.32. The van der Waals surface area contributed by atoms with Gasteiger partial charge in [0.2, 0.25) is 0 Å². The van der Waals surface area contributed by atoms with Crippen molar-refractivity contribution in [1.29, 1.82) is 0 Å². The molecule has 1 N–H and O–H groups in total. The maximum Gasteiger partial charge on any atom is 0.278 e. The Labute approximate surface area is 156 Å². The number of aryl methyl sites for hydroxylation is 1. The third-order valence-electron chi connectivity index (χ3n) is 3.80. The molecule has 3 aromatic heterocycles. The van der Waals surface area contributed by atoms with E-state index in [-0.39, 0.29) is 24.8 Å². The molecule has 4 heterocycles. The number of nitrogens with zero attached hydrogens (tertiary/aromatic N) is 6. The first-order valence-electron chi connectivity index (χ1n) is 7.52. The SMILES string of the molecule is Cc1nonc1OCCn1ccnc1-c1cc2n(n1)CCNC2.Cl.Cl. The van der Waals surface area contributed by atoms with Crippen LogP contribution in [0.2, 0.25) is 0 Å². The van der Waals surface area contributed by atoms with Crippen LogP contribution in [-0.2, 0) is 19.6 Å². The van der Waals surface area contributed by atoms with Crippen molar-refractivity contribution >= 4 is 24.8 Å². The summed E-state index contributed by atoms with van der Waals surface area (Å²) in [6.07, 6.45) is 3.69. The Bertz CT molecular complexity index is 790. The lowest BCUT2D eigenvalue weighted by atomic mass is 10.3. The number of ether oxygens (including phenoxy) is 1. The van der Waals surface area contributed by atoms with Crippen LogP contribution in [0.15, 0.2) is 23.1 Å². The molecule has 0 atom stereocenters. The van der Waals surface area contributed by atoms with E-state index in [1.165, 1.54) is 5.69 Å². The molecule has 25 heavy (non-hydrogen) atoms. The standard InChI is InChI=1S/C14H17N7O2.2ClH/c1-10-14(19-23-18-10)22-7-6-20-4-3-16-13(20)12-8-11-9-15-2-5-21(11)17-12;;/h3-4,8,15H,2,5-7,9H2,1H3;2*1H. The van der Waals surface area contributed by atoms with E-state index in [0.29, 0.717) is 24.7 Å². The van der Waals surface area contributed by atoms with Gasteiger partial charge in [0.15, 0.2) is 5.82 Å². The van der Waals surface area contributed by atoms with Crippen LogP contribution in [0.3, 0.4) is 0 Å². The molecule has 9 nitrogen and oxygen atoms in total. The van der Waals surface area contributed by atoms with Crippen LogP contribution >= 0.6 is 24.8 Å². The predicted molar refractivity (Wildman–Crippen MR) is 94.2 cm³/mol. The summed E-state index contributed by atoms with van der Waals surface area (Å²) >= 11 is 0. The maximum absolute atomic E-state index is 5.57. The minimum atomic E-state index is 0. The van der Waals surface area contributed by atoms with Gasteiger partial charge in [-0.25, -0.2) is 9.61 Å². The first kappa shape index (κ1) is 19.2. The van der Waals surface area contributed by atoms with Gasteiger partial charge in [0.05, 0.1) is 18.8 Å². The molecule has 136 valence electrons. The first-order chi connectivity index (χ1) is 11.3. The summed E-state index contributed by atoms with van der Waals surface area (Å²) in [7, 11) is 0. The lowest BCUT2D eigenvalue weighted by Gasteiger charge is -2.13. The Hall–Kier alpha value is -2.10. The number of imidazole rings is 1. The Morgan fingerprint density at radius 1 is 1.32 bits per heavy atom. The summed E-state index contributed by atoms with van der Waals surface area (Å²) in [4.78, 5) is 4.43. The molecule has 0 radical (unpaired) electrons. The summed E-state index contributed by atoms with van der Waals surface area (Å²) < 4.78 is 14.2. The highest BCUT2D eigenvalue weighted by atomic mass is 35.5. The summed E-state index contributed by atoms with van der Waals surface area (Å²) in [5.74, 6) is 1.26. The van der Waals surface area contributed by atoms with Crippen molar-refractivity contribution in [2.45, 2.75) is 26.6 Å². The van der Waals surface area contributed by atoms with Gasteiger partial charge >= 0.3 is 0 Å². The fourth-order valence-electron chi connectivity index (χ4n) is 2.62. The fraction of sp³-hybridized carbons (Fsp3) is 0.429. The van der Waals surface area contributed by atoms with Crippen LogP contribution in [0.4, 0.5) is 0 Å². The highest BCUT2D eigenvalue weighted by molar-refractivity contribution is 5.85. The lowest BCUT2D eigenvalue weighted by molar-refractivity contribution is 0.248. The number of fused-ring (bicyclic) bond motifs is 1. The topological polar surface area (TPSA) is 95.8 Å². The zero-order valence-electron chi connectivity index (χ0n) is 13.6. The molecule has 0 fully saturated rings. The fourth-order valence-corrected chi connectivity index (χ4v) is 2.62. The third kappa shape index (κ3) is 3.94. The second-order valence-corrected chi connectivity index (χ2v) is 5.37. The molecule has 0 saturated carbocycles. The lowest BCUT2D eigenvalue weighted by Crippen LogP contribution is -2.28. The van der Waals surface area contributed by atoms with Gasteiger partial charge in [-0.2, -0.15) is 5.10 Å². The van der Waals surface area contributed by atoms with Crippen LogP contribution in [-0.4, -0.2) is 42.8 Å². The largest absolute Gasteiger partial charge is 0.472 e. The molecule has 1 aliphatic rings. The number of nitrogens with one attached hydrogen (secondary N) is 1. The van der Waals surface area contributed by atoms with E-state index in [0.717, 1.165) is 31.2 Å². The average molecular weight is 388 g/mol. The van der Waals surface area contributed by atoms with Gasteiger partial charge in [-0.15, -0.1) is 24.8 Å². The molecule has 0 aromatic carbocycles. The van der Waals surface area contributed by atoms with Crippen molar-refractivity contribution in [2.75, 3.05) is 13.2 Å². The number of halogens is 2. The van der Waals surface area contributed by atoms with Gasteiger partial charge in [0.25, 0.3) is 5.88 Å². The molecular weight excluding hydrogens is 369 g/mol. The number of rotatable bonds is 5.